The van der Waals surface area contributed by atoms with Crippen molar-refractivity contribution < 1.29 is 0 Å². The summed E-state index contributed by atoms with van der Waals surface area (Å²) in [6, 6.07) is 0. The van der Waals surface area contributed by atoms with Crippen LogP contribution in [0.1, 0.15) is 101 Å². The lowest BCUT2D eigenvalue weighted by Gasteiger charge is -2.41. The van der Waals surface area contributed by atoms with Crippen molar-refractivity contribution in [3.05, 3.63) is 0 Å². The Labute approximate surface area is 135 Å². The van der Waals surface area contributed by atoms with Gasteiger partial charge < -0.3 is 0 Å². The Morgan fingerprint density at radius 1 is 1.00 bits per heavy atom. The highest BCUT2D eigenvalue weighted by Crippen LogP contribution is 2.60. The van der Waals surface area contributed by atoms with Crippen LogP contribution in [0.5, 0.6) is 0 Å². The minimum absolute atomic E-state index is 0.463. The van der Waals surface area contributed by atoms with E-state index in [1.165, 1.54) is 38.5 Å². The maximum atomic E-state index is 2.60. The van der Waals surface area contributed by atoms with Crippen LogP contribution in [-0.4, -0.2) is 0 Å². The molecule has 0 radical (unpaired) electrons. The predicted molar refractivity (Wildman–Crippen MR) is 96.5 cm³/mol. The molecular formula is C21H42. The van der Waals surface area contributed by atoms with Gasteiger partial charge in [0.15, 0.2) is 0 Å². The molecule has 0 heterocycles. The van der Waals surface area contributed by atoms with Crippen LogP contribution in [0, 0.1) is 34.0 Å². The molecule has 1 aliphatic rings. The van der Waals surface area contributed by atoms with Crippen molar-refractivity contribution in [1.82, 2.24) is 0 Å². The molecule has 0 aromatic rings. The van der Waals surface area contributed by atoms with Crippen LogP contribution in [0.2, 0.25) is 0 Å². The minimum atomic E-state index is 0.463. The van der Waals surface area contributed by atoms with Gasteiger partial charge in [0.25, 0.3) is 0 Å². The van der Waals surface area contributed by atoms with E-state index in [4.69, 9.17) is 0 Å². The second-order valence-corrected chi connectivity index (χ2v) is 10.0. The first-order valence-electron chi connectivity index (χ1n) is 9.45. The average Bonchev–Trinajstić information content (AvgIpc) is 2.62. The van der Waals surface area contributed by atoms with Crippen molar-refractivity contribution in [2.75, 3.05) is 0 Å². The summed E-state index contributed by atoms with van der Waals surface area (Å²) in [7, 11) is 0. The Balaban J connectivity index is 2.66. The molecule has 0 bridgehead atoms. The summed E-state index contributed by atoms with van der Waals surface area (Å²) in [4.78, 5) is 0. The minimum Gasteiger partial charge on any atom is -0.0648 e. The smallest absolute Gasteiger partial charge is 0.0269 e. The SMILES string of the molecule is CCC1(C)CC(C(C)C)CC1(C)CCCC(C)C(C)(C)C. The molecule has 1 fully saturated rings. The molecule has 0 nitrogen and oxygen atoms in total. The molecule has 1 aliphatic carbocycles. The van der Waals surface area contributed by atoms with Gasteiger partial charge in [-0.3, -0.25) is 0 Å². The fourth-order valence-corrected chi connectivity index (χ4v) is 4.40. The van der Waals surface area contributed by atoms with Gasteiger partial charge >= 0.3 is 0 Å². The maximum Gasteiger partial charge on any atom is -0.0269 e. The number of rotatable bonds is 6. The highest BCUT2D eigenvalue weighted by molar-refractivity contribution is 5.01. The van der Waals surface area contributed by atoms with Gasteiger partial charge in [-0.25, -0.2) is 0 Å². The third-order valence-corrected chi connectivity index (χ3v) is 7.45. The summed E-state index contributed by atoms with van der Waals surface area (Å²) in [6.45, 7) is 22.0. The van der Waals surface area contributed by atoms with Gasteiger partial charge in [0, 0.05) is 0 Å². The second kappa shape index (κ2) is 6.63. The fourth-order valence-electron chi connectivity index (χ4n) is 4.40. The van der Waals surface area contributed by atoms with Crippen LogP contribution in [0.25, 0.3) is 0 Å². The molecule has 21 heavy (non-hydrogen) atoms. The van der Waals surface area contributed by atoms with E-state index in [1.807, 2.05) is 0 Å². The van der Waals surface area contributed by atoms with Gasteiger partial charge in [-0.1, -0.05) is 81.6 Å². The first kappa shape index (κ1) is 19.0. The Bertz CT molecular complexity index is 321. The Kier molecular flexibility index (Phi) is 6.01. The van der Waals surface area contributed by atoms with E-state index in [9.17, 15) is 0 Å². The Hall–Kier alpha value is 0. The van der Waals surface area contributed by atoms with Crippen LogP contribution in [0.4, 0.5) is 0 Å². The van der Waals surface area contributed by atoms with Crippen molar-refractivity contribution >= 4 is 0 Å². The van der Waals surface area contributed by atoms with E-state index in [1.54, 1.807) is 0 Å². The number of hydrogen-bond acceptors (Lipinski definition) is 0. The van der Waals surface area contributed by atoms with E-state index in [-0.39, 0.29) is 0 Å². The van der Waals surface area contributed by atoms with Crippen LogP contribution < -0.4 is 0 Å². The quantitative estimate of drug-likeness (QED) is 0.481. The molecule has 0 spiro atoms. The molecule has 0 saturated heterocycles. The molecule has 0 N–H and O–H groups in total. The van der Waals surface area contributed by atoms with E-state index in [2.05, 4.69) is 62.3 Å². The fraction of sp³-hybridized carbons (Fsp3) is 1.00. The van der Waals surface area contributed by atoms with Crippen LogP contribution >= 0.6 is 0 Å². The molecule has 0 aromatic heterocycles. The molecule has 4 atom stereocenters. The lowest BCUT2D eigenvalue weighted by Crippen LogP contribution is -2.32. The molecule has 0 amide bonds. The molecule has 4 unspecified atom stereocenters. The van der Waals surface area contributed by atoms with Crippen LogP contribution in [0.3, 0.4) is 0 Å². The summed E-state index contributed by atoms with van der Waals surface area (Å²) in [5, 5.41) is 0. The van der Waals surface area contributed by atoms with Crippen molar-refractivity contribution in [2.24, 2.45) is 34.0 Å². The van der Waals surface area contributed by atoms with E-state index >= 15 is 0 Å². The Morgan fingerprint density at radius 2 is 1.52 bits per heavy atom. The monoisotopic (exact) mass is 294 g/mol. The van der Waals surface area contributed by atoms with Crippen molar-refractivity contribution in [3.8, 4) is 0 Å². The largest absolute Gasteiger partial charge is 0.0648 e. The van der Waals surface area contributed by atoms with E-state index in [0.29, 0.717) is 16.2 Å². The predicted octanol–water partition coefficient (Wildman–Crippen LogP) is 7.33. The van der Waals surface area contributed by atoms with Crippen LogP contribution in [0.15, 0.2) is 0 Å². The number of hydrogen-bond donors (Lipinski definition) is 0. The van der Waals surface area contributed by atoms with Gasteiger partial charge in [0.1, 0.15) is 0 Å². The summed E-state index contributed by atoms with van der Waals surface area (Å²) < 4.78 is 0. The summed E-state index contributed by atoms with van der Waals surface area (Å²) >= 11 is 0. The molecule has 1 saturated carbocycles. The van der Waals surface area contributed by atoms with Crippen molar-refractivity contribution in [1.29, 1.82) is 0 Å². The van der Waals surface area contributed by atoms with Gasteiger partial charge in [0.05, 0.1) is 0 Å². The standard InChI is InChI=1S/C21H42/c1-10-20(8)14-18(16(2)3)15-21(20,9)13-11-12-17(4)19(5,6)7/h16-18H,10-15H2,1-9H3. The van der Waals surface area contributed by atoms with Crippen LogP contribution in [-0.2, 0) is 0 Å². The molecule has 0 heteroatoms. The summed E-state index contributed by atoms with van der Waals surface area (Å²) in [5.74, 6) is 2.63. The van der Waals surface area contributed by atoms with Gasteiger partial charge in [-0.05, 0) is 53.3 Å². The zero-order chi connectivity index (χ0) is 16.5. The third-order valence-electron chi connectivity index (χ3n) is 7.45. The molecule has 0 aromatic carbocycles. The van der Waals surface area contributed by atoms with Crippen molar-refractivity contribution in [2.45, 2.75) is 101 Å². The molecule has 1 rings (SSSR count). The second-order valence-electron chi connectivity index (χ2n) is 10.0. The molecule has 126 valence electrons. The summed E-state index contributed by atoms with van der Waals surface area (Å²) in [6.07, 6.45) is 8.49. The van der Waals surface area contributed by atoms with Gasteiger partial charge in [-0.15, -0.1) is 0 Å². The summed E-state index contributed by atoms with van der Waals surface area (Å²) in [5.41, 5.74) is 1.59. The van der Waals surface area contributed by atoms with Gasteiger partial charge in [-0.2, -0.15) is 0 Å². The highest BCUT2D eigenvalue weighted by Gasteiger charge is 2.51. The first-order valence-corrected chi connectivity index (χ1v) is 9.45. The van der Waals surface area contributed by atoms with E-state index in [0.717, 1.165) is 17.8 Å². The average molecular weight is 295 g/mol. The lowest BCUT2D eigenvalue weighted by molar-refractivity contribution is 0.0860. The Morgan fingerprint density at radius 3 is 1.95 bits per heavy atom. The molecular weight excluding hydrogens is 252 g/mol. The maximum absolute atomic E-state index is 2.60. The first-order chi connectivity index (χ1) is 9.45. The normalized spacial score (nSPS) is 35.4. The van der Waals surface area contributed by atoms with Crippen molar-refractivity contribution in [3.63, 3.8) is 0 Å². The van der Waals surface area contributed by atoms with E-state index < -0.39 is 0 Å². The lowest BCUT2D eigenvalue weighted by atomic mass is 9.63. The highest BCUT2D eigenvalue weighted by atomic mass is 14.6. The zero-order valence-electron chi connectivity index (χ0n) is 16.5. The molecule has 0 aliphatic heterocycles. The zero-order valence-corrected chi connectivity index (χ0v) is 16.5. The van der Waals surface area contributed by atoms with Gasteiger partial charge in [0.2, 0.25) is 0 Å². The third kappa shape index (κ3) is 4.26. The topological polar surface area (TPSA) is 0 Å².